The predicted octanol–water partition coefficient (Wildman–Crippen LogP) is 4.80. The smallest absolute Gasteiger partial charge is 0.402 e. The van der Waals surface area contributed by atoms with Gasteiger partial charge in [0.1, 0.15) is 0 Å². The number of carbonyl (C=O) groups excluding carboxylic acids is 1. The third-order valence-corrected chi connectivity index (χ3v) is 3.33. The molecule has 0 saturated heterocycles. The van der Waals surface area contributed by atoms with Gasteiger partial charge in [-0.1, -0.05) is 13.5 Å². The van der Waals surface area contributed by atoms with E-state index in [0.717, 1.165) is 0 Å². The summed E-state index contributed by atoms with van der Waals surface area (Å²) >= 11 is 0. The lowest BCUT2D eigenvalue weighted by Gasteiger charge is -2.34. The van der Waals surface area contributed by atoms with Crippen molar-refractivity contribution in [1.29, 1.82) is 0 Å². The molecule has 0 aromatic heterocycles. The summed E-state index contributed by atoms with van der Waals surface area (Å²) < 4.78 is 80.7. The van der Waals surface area contributed by atoms with E-state index in [1.165, 1.54) is 6.92 Å². The van der Waals surface area contributed by atoms with Crippen LogP contribution in [0, 0.1) is 5.41 Å². The van der Waals surface area contributed by atoms with E-state index < -0.39 is 42.7 Å². The van der Waals surface area contributed by atoms with Crippen molar-refractivity contribution in [3.8, 4) is 0 Å². The molecule has 2 nitrogen and oxygen atoms in total. The van der Waals surface area contributed by atoms with Crippen LogP contribution in [-0.2, 0) is 9.53 Å². The Bertz CT molecular complexity index is 369. The van der Waals surface area contributed by atoms with Crippen molar-refractivity contribution in [2.24, 2.45) is 5.41 Å². The lowest BCUT2D eigenvalue weighted by molar-refractivity contribution is -0.337. The van der Waals surface area contributed by atoms with Gasteiger partial charge in [-0.3, -0.25) is 0 Å². The average molecular weight is 320 g/mol. The van der Waals surface area contributed by atoms with Crippen molar-refractivity contribution in [2.75, 3.05) is 0 Å². The van der Waals surface area contributed by atoms with Crippen LogP contribution in [0.3, 0.4) is 0 Å². The number of rotatable bonds is 6. The minimum atomic E-state index is -5.43. The lowest BCUT2D eigenvalue weighted by atomic mass is 9.83. The normalized spacial score (nSPS) is 14.7. The molecule has 21 heavy (non-hydrogen) atoms. The zero-order valence-corrected chi connectivity index (χ0v) is 12.0. The van der Waals surface area contributed by atoms with Gasteiger partial charge < -0.3 is 4.74 Å². The molecule has 124 valence electrons. The number of alkyl halides is 6. The maximum atomic E-state index is 12.7. The Morgan fingerprint density at radius 2 is 1.57 bits per heavy atom. The van der Waals surface area contributed by atoms with Gasteiger partial charge in [-0.25, -0.2) is 4.79 Å². The second-order valence-electron chi connectivity index (χ2n) is 5.04. The van der Waals surface area contributed by atoms with Crippen LogP contribution in [0.5, 0.6) is 0 Å². The first-order chi connectivity index (χ1) is 9.26. The SMILES string of the molecule is C=C(CC)C(=O)OC(C)CCC(C)(C(F)(F)F)C(F)(F)F. The first kappa shape index (κ1) is 19.8. The molecular formula is C13H18F6O2. The van der Waals surface area contributed by atoms with E-state index in [2.05, 4.69) is 6.58 Å². The highest BCUT2D eigenvalue weighted by Crippen LogP contribution is 2.53. The third-order valence-electron chi connectivity index (χ3n) is 3.33. The van der Waals surface area contributed by atoms with Crippen molar-refractivity contribution in [3.05, 3.63) is 12.2 Å². The Balaban J connectivity index is 4.80. The summed E-state index contributed by atoms with van der Waals surface area (Å²) in [7, 11) is 0. The molecule has 0 N–H and O–H groups in total. The molecular weight excluding hydrogens is 302 g/mol. The maximum Gasteiger partial charge on any atom is 0.402 e. The summed E-state index contributed by atoms with van der Waals surface area (Å²) in [4.78, 5) is 11.3. The van der Waals surface area contributed by atoms with Crippen LogP contribution < -0.4 is 0 Å². The monoisotopic (exact) mass is 320 g/mol. The van der Waals surface area contributed by atoms with E-state index in [4.69, 9.17) is 4.74 Å². The second-order valence-corrected chi connectivity index (χ2v) is 5.04. The fourth-order valence-corrected chi connectivity index (χ4v) is 1.41. The summed E-state index contributed by atoms with van der Waals surface area (Å²) in [5.74, 6) is -0.814. The van der Waals surface area contributed by atoms with Gasteiger partial charge in [-0.15, -0.1) is 0 Å². The molecule has 0 spiro atoms. The molecule has 1 unspecified atom stereocenters. The highest BCUT2D eigenvalue weighted by Gasteiger charge is 2.66. The molecule has 0 aromatic rings. The van der Waals surface area contributed by atoms with Crippen molar-refractivity contribution in [1.82, 2.24) is 0 Å². The molecule has 0 rings (SSSR count). The summed E-state index contributed by atoms with van der Waals surface area (Å²) in [5.41, 5.74) is -3.72. The molecule has 0 aliphatic carbocycles. The van der Waals surface area contributed by atoms with E-state index in [-0.39, 0.29) is 18.9 Å². The summed E-state index contributed by atoms with van der Waals surface area (Å²) in [5, 5.41) is 0. The average Bonchev–Trinajstić information content (AvgIpc) is 2.31. The predicted molar refractivity (Wildman–Crippen MR) is 64.4 cm³/mol. The Labute approximate surface area is 119 Å². The molecule has 0 bridgehead atoms. The Hall–Kier alpha value is -1.21. The number of carbonyl (C=O) groups is 1. The van der Waals surface area contributed by atoms with Gasteiger partial charge in [0.2, 0.25) is 0 Å². The van der Waals surface area contributed by atoms with Crippen LogP contribution in [0.25, 0.3) is 0 Å². The van der Waals surface area contributed by atoms with E-state index >= 15 is 0 Å². The van der Waals surface area contributed by atoms with Crippen molar-refractivity contribution in [2.45, 2.75) is 58.5 Å². The Morgan fingerprint density at radius 3 is 1.90 bits per heavy atom. The topological polar surface area (TPSA) is 26.3 Å². The number of esters is 1. The molecule has 0 aliphatic rings. The quantitative estimate of drug-likeness (QED) is 0.399. The van der Waals surface area contributed by atoms with E-state index in [1.54, 1.807) is 6.92 Å². The first-order valence-electron chi connectivity index (χ1n) is 6.28. The fraction of sp³-hybridized carbons (Fsp3) is 0.769. The van der Waals surface area contributed by atoms with Gasteiger partial charge >= 0.3 is 18.3 Å². The van der Waals surface area contributed by atoms with Crippen LogP contribution in [0.4, 0.5) is 26.3 Å². The van der Waals surface area contributed by atoms with E-state index in [1.807, 2.05) is 0 Å². The third kappa shape index (κ3) is 4.93. The van der Waals surface area contributed by atoms with Crippen LogP contribution in [0.1, 0.15) is 40.0 Å². The van der Waals surface area contributed by atoms with Gasteiger partial charge in [0.15, 0.2) is 5.41 Å². The largest absolute Gasteiger partial charge is 0.459 e. The minimum Gasteiger partial charge on any atom is -0.459 e. The zero-order chi connectivity index (χ0) is 17.1. The van der Waals surface area contributed by atoms with Gasteiger partial charge in [0.05, 0.1) is 6.10 Å². The molecule has 0 fully saturated rings. The highest BCUT2D eigenvalue weighted by molar-refractivity contribution is 5.87. The number of hydrogen-bond donors (Lipinski definition) is 0. The van der Waals surface area contributed by atoms with Gasteiger partial charge in [0.25, 0.3) is 0 Å². The van der Waals surface area contributed by atoms with Crippen LogP contribution in [0.2, 0.25) is 0 Å². The number of ether oxygens (including phenoxy) is 1. The van der Waals surface area contributed by atoms with E-state index in [9.17, 15) is 31.1 Å². The lowest BCUT2D eigenvalue weighted by Crippen LogP contribution is -2.48. The van der Waals surface area contributed by atoms with Crippen LogP contribution in [-0.4, -0.2) is 24.4 Å². The van der Waals surface area contributed by atoms with Crippen molar-refractivity contribution in [3.63, 3.8) is 0 Å². The Kier molecular flexibility index (Phi) is 6.31. The van der Waals surface area contributed by atoms with Gasteiger partial charge in [0, 0.05) is 5.57 Å². The molecule has 0 radical (unpaired) electrons. The van der Waals surface area contributed by atoms with Gasteiger partial charge in [-0.2, -0.15) is 26.3 Å². The molecule has 0 saturated carbocycles. The summed E-state index contributed by atoms with van der Waals surface area (Å²) in [6.45, 7) is 6.35. The molecule has 1 atom stereocenters. The number of hydrogen-bond acceptors (Lipinski definition) is 2. The molecule has 0 aromatic carbocycles. The van der Waals surface area contributed by atoms with E-state index in [0.29, 0.717) is 0 Å². The maximum absolute atomic E-state index is 12.7. The second kappa shape index (κ2) is 6.70. The standard InChI is InChI=1S/C13H18F6O2/c1-5-8(2)10(20)21-9(3)6-7-11(4,12(14,15)16)13(17,18)19/h9H,2,5-7H2,1,3-4H3. The highest BCUT2D eigenvalue weighted by atomic mass is 19.4. The van der Waals surface area contributed by atoms with Crippen LogP contribution >= 0.6 is 0 Å². The molecule has 8 heteroatoms. The van der Waals surface area contributed by atoms with Crippen molar-refractivity contribution < 1.29 is 35.9 Å². The molecule has 0 heterocycles. The van der Waals surface area contributed by atoms with Gasteiger partial charge in [-0.05, 0) is 33.1 Å². The first-order valence-corrected chi connectivity index (χ1v) is 6.28. The fourth-order valence-electron chi connectivity index (χ4n) is 1.41. The molecule has 0 aliphatic heterocycles. The zero-order valence-electron chi connectivity index (χ0n) is 12.0. The molecule has 0 amide bonds. The minimum absolute atomic E-state index is 0.104. The Morgan fingerprint density at radius 1 is 1.14 bits per heavy atom. The summed E-state index contributed by atoms with van der Waals surface area (Å²) in [6, 6.07) is 0. The summed E-state index contributed by atoms with van der Waals surface area (Å²) in [6.07, 6.45) is -13.4. The van der Waals surface area contributed by atoms with Crippen molar-refractivity contribution >= 4 is 5.97 Å². The number of halogens is 6. The van der Waals surface area contributed by atoms with Crippen LogP contribution in [0.15, 0.2) is 12.2 Å².